The Balaban J connectivity index is 2.81. The summed E-state index contributed by atoms with van der Waals surface area (Å²) in [6.45, 7) is 9.56. The summed E-state index contributed by atoms with van der Waals surface area (Å²) >= 11 is 0. The SMILES string of the molecule is CC(C)C[PH](C)(C)c1ccccc1. The molecule has 0 saturated carbocycles. The molecule has 0 nitrogen and oxygen atoms in total. The fourth-order valence-corrected chi connectivity index (χ4v) is 5.40. The zero-order chi connectivity index (χ0) is 9.90. The van der Waals surface area contributed by atoms with Gasteiger partial charge in [-0.3, -0.25) is 0 Å². The Morgan fingerprint density at radius 2 is 1.62 bits per heavy atom. The first-order chi connectivity index (χ1) is 6.02. The molecule has 74 valence electrons. The Morgan fingerprint density at radius 3 is 2.08 bits per heavy atom. The van der Waals surface area contributed by atoms with E-state index in [9.17, 15) is 0 Å². The molecular formula is C12H21P. The van der Waals surface area contributed by atoms with Gasteiger partial charge in [-0.05, 0) is 0 Å². The van der Waals surface area contributed by atoms with E-state index in [1.807, 2.05) is 0 Å². The molecule has 0 aromatic heterocycles. The minimum atomic E-state index is -1.14. The third kappa shape index (κ3) is 3.12. The Bertz CT molecular complexity index is 249. The fraction of sp³-hybridized carbons (Fsp3) is 0.500. The maximum atomic E-state index is 2.46. The van der Waals surface area contributed by atoms with Crippen LogP contribution in [0.15, 0.2) is 30.3 Å². The number of benzene rings is 1. The molecule has 0 N–H and O–H groups in total. The number of hydrogen-bond acceptors (Lipinski definition) is 0. The van der Waals surface area contributed by atoms with E-state index < -0.39 is 7.26 Å². The van der Waals surface area contributed by atoms with E-state index in [1.165, 1.54) is 6.16 Å². The monoisotopic (exact) mass is 196 g/mol. The molecule has 0 unspecified atom stereocenters. The van der Waals surface area contributed by atoms with Crippen LogP contribution in [0.3, 0.4) is 0 Å². The predicted octanol–water partition coefficient (Wildman–Crippen LogP) is 2.98. The summed E-state index contributed by atoms with van der Waals surface area (Å²) in [7, 11) is -1.14. The summed E-state index contributed by atoms with van der Waals surface area (Å²) in [5.74, 6) is 0.821. The Kier molecular flexibility index (Phi) is 3.50. The van der Waals surface area contributed by atoms with Gasteiger partial charge in [0.1, 0.15) is 0 Å². The van der Waals surface area contributed by atoms with Crippen LogP contribution in [0.25, 0.3) is 0 Å². The van der Waals surface area contributed by atoms with Crippen LogP contribution < -0.4 is 5.30 Å². The molecule has 0 aliphatic heterocycles. The van der Waals surface area contributed by atoms with Crippen molar-refractivity contribution < 1.29 is 0 Å². The Morgan fingerprint density at radius 1 is 1.08 bits per heavy atom. The molecule has 0 aliphatic rings. The standard InChI is InChI=1S/C12H21P/c1-11(2)10-13(3,4)12-8-6-5-7-9-12/h5-9,11,13H,10H2,1-4H3. The average molecular weight is 196 g/mol. The third-order valence-corrected chi connectivity index (χ3v) is 6.21. The van der Waals surface area contributed by atoms with Gasteiger partial charge in [-0.1, -0.05) is 0 Å². The average Bonchev–Trinajstić information content (AvgIpc) is 2.04. The summed E-state index contributed by atoms with van der Waals surface area (Å²) < 4.78 is 0. The van der Waals surface area contributed by atoms with Crippen molar-refractivity contribution in [2.45, 2.75) is 13.8 Å². The van der Waals surface area contributed by atoms with Crippen molar-refractivity contribution in [1.82, 2.24) is 0 Å². The van der Waals surface area contributed by atoms with Gasteiger partial charge in [-0.2, -0.15) is 0 Å². The van der Waals surface area contributed by atoms with Crippen LogP contribution in [0.1, 0.15) is 13.8 Å². The molecule has 1 rings (SSSR count). The maximum absolute atomic E-state index is 2.46. The Labute approximate surface area is 82.7 Å². The quantitative estimate of drug-likeness (QED) is 0.652. The molecule has 13 heavy (non-hydrogen) atoms. The van der Waals surface area contributed by atoms with Gasteiger partial charge in [0.25, 0.3) is 0 Å². The third-order valence-electron chi connectivity index (χ3n) is 2.47. The van der Waals surface area contributed by atoms with E-state index >= 15 is 0 Å². The summed E-state index contributed by atoms with van der Waals surface area (Å²) in [5.41, 5.74) is 0. The number of hydrogen-bond donors (Lipinski definition) is 0. The van der Waals surface area contributed by atoms with Crippen molar-refractivity contribution in [3.05, 3.63) is 30.3 Å². The Hall–Kier alpha value is -0.350. The van der Waals surface area contributed by atoms with E-state index in [0.29, 0.717) is 0 Å². The molecule has 0 radical (unpaired) electrons. The minimum absolute atomic E-state index is 0.821. The second kappa shape index (κ2) is 4.24. The van der Waals surface area contributed by atoms with Crippen LogP contribution in [-0.2, 0) is 0 Å². The number of rotatable bonds is 3. The normalized spacial score (nSPS) is 13.3. The van der Waals surface area contributed by atoms with Crippen molar-refractivity contribution >= 4 is 12.6 Å². The van der Waals surface area contributed by atoms with Crippen LogP contribution in [0.2, 0.25) is 0 Å². The second-order valence-electron chi connectivity index (χ2n) is 4.85. The van der Waals surface area contributed by atoms with Crippen LogP contribution in [0.5, 0.6) is 0 Å². The molecule has 1 aromatic carbocycles. The summed E-state index contributed by atoms with van der Waals surface area (Å²) in [4.78, 5) is 0. The van der Waals surface area contributed by atoms with Crippen LogP contribution in [0.4, 0.5) is 0 Å². The molecule has 0 aliphatic carbocycles. The predicted molar refractivity (Wildman–Crippen MR) is 65.9 cm³/mol. The van der Waals surface area contributed by atoms with Gasteiger partial charge >= 0.3 is 82.2 Å². The van der Waals surface area contributed by atoms with Gasteiger partial charge < -0.3 is 0 Å². The molecule has 0 spiro atoms. The van der Waals surface area contributed by atoms with Crippen molar-refractivity contribution in [3.63, 3.8) is 0 Å². The van der Waals surface area contributed by atoms with Gasteiger partial charge in [-0.15, -0.1) is 0 Å². The van der Waals surface area contributed by atoms with Crippen molar-refractivity contribution in [2.75, 3.05) is 19.5 Å². The molecule has 0 atom stereocenters. The van der Waals surface area contributed by atoms with Gasteiger partial charge in [0.05, 0.1) is 0 Å². The molecule has 1 heteroatoms. The van der Waals surface area contributed by atoms with Crippen molar-refractivity contribution in [3.8, 4) is 0 Å². The molecule has 0 amide bonds. The van der Waals surface area contributed by atoms with Crippen LogP contribution in [-0.4, -0.2) is 19.5 Å². The summed E-state index contributed by atoms with van der Waals surface area (Å²) in [6.07, 6.45) is 1.39. The molecule has 0 heterocycles. The first kappa shape index (κ1) is 10.7. The van der Waals surface area contributed by atoms with E-state index in [-0.39, 0.29) is 0 Å². The zero-order valence-electron chi connectivity index (χ0n) is 9.17. The van der Waals surface area contributed by atoms with Crippen molar-refractivity contribution in [1.29, 1.82) is 0 Å². The van der Waals surface area contributed by atoms with Gasteiger partial charge in [0, 0.05) is 0 Å². The molecule has 0 bridgehead atoms. The summed E-state index contributed by atoms with van der Waals surface area (Å²) in [6, 6.07) is 11.0. The van der Waals surface area contributed by atoms with E-state index in [0.717, 1.165) is 5.92 Å². The first-order valence-corrected chi connectivity index (χ1v) is 8.28. The zero-order valence-corrected chi connectivity index (χ0v) is 10.2. The molecule has 0 saturated heterocycles. The fourth-order valence-electron chi connectivity index (χ4n) is 2.03. The van der Waals surface area contributed by atoms with Gasteiger partial charge in [-0.25, -0.2) is 0 Å². The summed E-state index contributed by atoms with van der Waals surface area (Å²) in [5, 5.41) is 1.59. The topological polar surface area (TPSA) is 0 Å². The first-order valence-electron chi connectivity index (χ1n) is 5.08. The molecule has 0 fully saturated rings. The van der Waals surface area contributed by atoms with E-state index in [1.54, 1.807) is 5.30 Å². The molecular weight excluding hydrogens is 175 g/mol. The van der Waals surface area contributed by atoms with Gasteiger partial charge in [0.15, 0.2) is 0 Å². The van der Waals surface area contributed by atoms with E-state index in [2.05, 4.69) is 57.5 Å². The van der Waals surface area contributed by atoms with E-state index in [4.69, 9.17) is 0 Å². The van der Waals surface area contributed by atoms with Gasteiger partial charge in [0.2, 0.25) is 0 Å². The van der Waals surface area contributed by atoms with Crippen LogP contribution in [0, 0.1) is 5.92 Å². The second-order valence-corrected chi connectivity index (χ2v) is 9.60. The van der Waals surface area contributed by atoms with Crippen molar-refractivity contribution in [2.24, 2.45) is 5.92 Å². The molecule has 1 aromatic rings. The van der Waals surface area contributed by atoms with Crippen LogP contribution >= 0.6 is 7.26 Å².